The van der Waals surface area contributed by atoms with E-state index in [2.05, 4.69) is 6.92 Å². The molecule has 0 saturated heterocycles. The Morgan fingerprint density at radius 2 is 1.39 bits per heavy atom. The fraction of sp³-hybridized carbons (Fsp3) is 0.500. The fourth-order valence-electron chi connectivity index (χ4n) is 3.55. The molecule has 0 aliphatic carbocycles. The summed E-state index contributed by atoms with van der Waals surface area (Å²) in [5.41, 5.74) is 0.616. The van der Waals surface area contributed by atoms with Crippen molar-refractivity contribution in [2.45, 2.75) is 82.4 Å². The topological polar surface area (TPSA) is 86.7 Å². The van der Waals surface area contributed by atoms with Crippen LogP contribution in [0.5, 0.6) is 17.2 Å². The summed E-state index contributed by atoms with van der Waals surface area (Å²) in [6.45, 7) is 2.22. The zero-order valence-electron chi connectivity index (χ0n) is 18.8. The monoisotopic (exact) mass is 456 g/mol. The van der Waals surface area contributed by atoms with Crippen molar-refractivity contribution in [1.82, 2.24) is 0 Å². The summed E-state index contributed by atoms with van der Waals surface area (Å²) >= 11 is 0. The van der Waals surface area contributed by atoms with E-state index in [0.29, 0.717) is 17.7 Å². The first kappa shape index (κ1) is 28.0. The number of rotatable bonds is 14. The second-order valence-corrected chi connectivity index (χ2v) is 9.06. The third-order valence-electron chi connectivity index (χ3n) is 5.18. The van der Waals surface area contributed by atoms with Crippen LogP contribution in [0.3, 0.4) is 0 Å². The molecule has 0 saturated carbocycles. The van der Waals surface area contributed by atoms with Gasteiger partial charge >= 0.3 is 29.6 Å². The standard InChI is InChI=1S/C24H34O5S.Na/c1-2-3-4-5-6-7-8-9-10-12-15-20-18-19-22(25)24(30(26,27)28)23(20)29-21-16-13-11-14-17-21;/h11,13-14,16-19,25H,2-10,12,15H2,1H3,(H,26,27,28);/q;+1/p-1. The number of hydrogen-bond donors (Lipinski definition) is 1. The van der Waals surface area contributed by atoms with Crippen LogP contribution in [0.4, 0.5) is 0 Å². The smallest absolute Gasteiger partial charge is 0.871 e. The van der Waals surface area contributed by atoms with Crippen LogP contribution in [0.25, 0.3) is 0 Å². The minimum atomic E-state index is -4.70. The largest absolute Gasteiger partial charge is 1.00 e. The zero-order valence-corrected chi connectivity index (χ0v) is 21.6. The van der Waals surface area contributed by atoms with Crippen LogP contribution >= 0.6 is 0 Å². The van der Waals surface area contributed by atoms with Crippen molar-refractivity contribution in [1.29, 1.82) is 0 Å². The van der Waals surface area contributed by atoms with Crippen LogP contribution in [-0.2, 0) is 16.5 Å². The van der Waals surface area contributed by atoms with E-state index in [-0.39, 0.29) is 35.3 Å². The maximum atomic E-state index is 12.2. The predicted molar refractivity (Wildman–Crippen MR) is 118 cm³/mol. The van der Waals surface area contributed by atoms with E-state index < -0.39 is 20.8 Å². The summed E-state index contributed by atoms with van der Waals surface area (Å²) in [6, 6.07) is 11.5. The Morgan fingerprint density at radius 1 is 0.839 bits per heavy atom. The average Bonchev–Trinajstić information content (AvgIpc) is 2.70. The Hall–Kier alpha value is -1.05. The van der Waals surface area contributed by atoms with Crippen LogP contribution in [-0.4, -0.2) is 13.0 Å². The Morgan fingerprint density at radius 3 is 1.94 bits per heavy atom. The van der Waals surface area contributed by atoms with Crippen molar-refractivity contribution >= 4 is 10.1 Å². The summed E-state index contributed by atoms with van der Waals surface area (Å²) in [7, 11) is -4.70. The van der Waals surface area contributed by atoms with Crippen LogP contribution < -0.4 is 39.4 Å². The summed E-state index contributed by atoms with van der Waals surface area (Å²) in [4.78, 5) is -0.684. The van der Waals surface area contributed by atoms with Crippen molar-refractivity contribution < 1.29 is 52.4 Å². The van der Waals surface area contributed by atoms with E-state index in [0.717, 1.165) is 19.3 Å². The van der Waals surface area contributed by atoms with Crippen molar-refractivity contribution in [2.24, 2.45) is 0 Å². The minimum Gasteiger partial charge on any atom is -0.871 e. The maximum Gasteiger partial charge on any atom is 1.00 e. The van der Waals surface area contributed by atoms with Crippen molar-refractivity contribution in [3.63, 3.8) is 0 Å². The Kier molecular flexibility index (Phi) is 13.5. The Labute approximate surface area is 209 Å². The first-order valence-electron chi connectivity index (χ1n) is 11.0. The third kappa shape index (κ3) is 9.96. The summed E-state index contributed by atoms with van der Waals surface area (Å²) in [6.07, 6.45) is 12.6. The molecule has 0 unspecified atom stereocenters. The van der Waals surface area contributed by atoms with Gasteiger partial charge in [0.2, 0.25) is 0 Å². The molecule has 1 N–H and O–H groups in total. The molecule has 2 rings (SSSR count). The quantitative estimate of drug-likeness (QED) is 0.268. The number of para-hydroxylation sites is 1. The first-order valence-corrected chi connectivity index (χ1v) is 12.4. The van der Waals surface area contributed by atoms with Gasteiger partial charge in [-0.05, 0) is 30.5 Å². The molecule has 0 bridgehead atoms. The van der Waals surface area contributed by atoms with Gasteiger partial charge in [0.05, 0.1) is 0 Å². The molecule has 0 aromatic heterocycles. The summed E-state index contributed by atoms with van der Waals surface area (Å²) < 4.78 is 39.0. The molecule has 0 radical (unpaired) electrons. The van der Waals surface area contributed by atoms with Crippen LogP contribution in [0, 0.1) is 0 Å². The van der Waals surface area contributed by atoms with Gasteiger partial charge in [0.15, 0.2) is 5.75 Å². The minimum absolute atomic E-state index is 0. The van der Waals surface area contributed by atoms with Crippen molar-refractivity contribution in [2.75, 3.05) is 0 Å². The normalized spacial score (nSPS) is 11.2. The average molecular weight is 457 g/mol. The van der Waals surface area contributed by atoms with Crippen molar-refractivity contribution in [3.05, 3.63) is 48.0 Å². The predicted octanol–water partition coefficient (Wildman–Crippen LogP) is 3.27. The van der Waals surface area contributed by atoms with Gasteiger partial charge in [-0.1, -0.05) is 101 Å². The molecule has 5 nitrogen and oxygen atoms in total. The molecule has 166 valence electrons. The maximum absolute atomic E-state index is 12.2. The van der Waals surface area contributed by atoms with E-state index in [4.69, 9.17) is 4.74 Å². The fourth-order valence-corrected chi connectivity index (χ4v) is 4.28. The molecular formula is C24H33NaO5S. The van der Waals surface area contributed by atoms with E-state index in [1.165, 1.54) is 51.0 Å². The van der Waals surface area contributed by atoms with Gasteiger partial charge in [-0.25, -0.2) is 0 Å². The molecule has 0 atom stereocenters. The molecule has 0 spiro atoms. The molecular weight excluding hydrogens is 423 g/mol. The van der Waals surface area contributed by atoms with Crippen LogP contribution in [0.1, 0.15) is 76.7 Å². The molecule has 7 heteroatoms. The molecule has 0 fully saturated rings. The molecule has 31 heavy (non-hydrogen) atoms. The third-order valence-corrected chi connectivity index (χ3v) is 6.08. The van der Waals surface area contributed by atoms with Gasteiger partial charge in [-0.2, -0.15) is 8.42 Å². The van der Waals surface area contributed by atoms with Crippen LogP contribution in [0.15, 0.2) is 47.4 Å². The molecule has 0 amide bonds. The van der Waals surface area contributed by atoms with Crippen LogP contribution in [0.2, 0.25) is 0 Å². The van der Waals surface area contributed by atoms with Gasteiger partial charge in [0.1, 0.15) is 10.6 Å². The number of unbranched alkanes of at least 4 members (excludes halogenated alkanes) is 9. The SMILES string of the molecule is CCCCCCCCCCCCc1ccc([O-])c(S(=O)(=O)O)c1Oc1ccccc1.[Na+]. The molecule has 2 aromatic carbocycles. The molecule has 0 aliphatic rings. The zero-order chi connectivity index (χ0) is 21.8. The van der Waals surface area contributed by atoms with Gasteiger partial charge in [-0.3, -0.25) is 4.55 Å². The van der Waals surface area contributed by atoms with Gasteiger partial charge < -0.3 is 9.84 Å². The Bertz CT molecular complexity index is 869. The Balaban J connectivity index is 0.00000480. The number of hydrogen-bond acceptors (Lipinski definition) is 4. The van der Waals surface area contributed by atoms with Crippen molar-refractivity contribution in [3.8, 4) is 17.2 Å². The van der Waals surface area contributed by atoms with E-state index in [1.807, 2.05) is 6.07 Å². The van der Waals surface area contributed by atoms with Gasteiger partial charge in [0, 0.05) is 0 Å². The van der Waals surface area contributed by atoms with E-state index >= 15 is 0 Å². The van der Waals surface area contributed by atoms with Gasteiger partial charge in [0.25, 0.3) is 10.1 Å². The summed E-state index contributed by atoms with van der Waals surface area (Å²) in [5, 5.41) is 12.2. The number of ether oxygens (including phenoxy) is 1. The van der Waals surface area contributed by atoms with E-state index in [9.17, 15) is 18.1 Å². The van der Waals surface area contributed by atoms with E-state index in [1.54, 1.807) is 30.3 Å². The second kappa shape index (κ2) is 14.9. The molecule has 0 aliphatic heterocycles. The summed E-state index contributed by atoms with van der Waals surface area (Å²) in [5.74, 6) is -0.417. The van der Waals surface area contributed by atoms with Gasteiger partial charge in [-0.15, -0.1) is 0 Å². The second-order valence-electron chi connectivity index (χ2n) is 7.70. The molecule has 0 heterocycles. The number of aryl methyl sites for hydroxylation is 1. The first-order chi connectivity index (χ1) is 14.4. The number of benzene rings is 2. The molecule has 2 aromatic rings.